The van der Waals surface area contributed by atoms with Crippen molar-refractivity contribution in [1.82, 2.24) is 0 Å². The van der Waals surface area contributed by atoms with E-state index in [4.69, 9.17) is 9.47 Å². The zero-order valence-electron chi connectivity index (χ0n) is 8.95. The fraction of sp³-hybridized carbons (Fsp3) is 0.500. The van der Waals surface area contributed by atoms with E-state index in [-0.39, 0.29) is 0 Å². The van der Waals surface area contributed by atoms with Crippen molar-refractivity contribution in [3.8, 4) is 5.75 Å². The second kappa shape index (κ2) is 6.44. The van der Waals surface area contributed by atoms with Gasteiger partial charge < -0.3 is 9.47 Å². The van der Waals surface area contributed by atoms with E-state index in [1.165, 1.54) is 5.56 Å². The third kappa shape index (κ3) is 4.28. The third-order valence-electron chi connectivity index (χ3n) is 1.90. The van der Waals surface area contributed by atoms with Crippen molar-refractivity contribution >= 4 is 0 Å². The van der Waals surface area contributed by atoms with Crippen LogP contribution in [-0.2, 0) is 4.74 Å². The van der Waals surface area contributed by atoms with Crippen LogP contribution in [0.3, 0.4) is 0 Å². The third-order valence-corrected chi connectivity index (χ3v) is 1.90. The maximum Gasteiger partial charge on any atom is 0.119 e. The van der Waals surface area contributed by atoms with E-state index in [1.54, 1.807) is 0 Å². The summed E-state index contributed by atoms with van der Waals surface area (Å²) >= 11 is 0. The van der Waals surface area contributed by atoms with Crippen molar-refractivity contribution in [1.29, 1.82) is 0 Å². The summed E-state index contributed by atoms with van der Waals surface area (Å²) in [7, 11) is 0. The Balaban J connectivity index is 2.18. The molecule has 0 aliphatic rings. The molecule has 0 atom stereocenters. The predicted octanol–water partition coefficient (Wildman–Crippen LogP) is 2.80. The van der Waals surface area contributed by atoms with Gasteiger partial charge in [0.05, 0.1) is 6.61 Å². The highest BCUT2D eigenvalue weighted by Crippen LogP contribution is 2.12. The average molecular weight is 194 g/mol. The molecule has 0 saturated carbocycles. The first kappa shape index (κ1) is 11.1. The van der Waals surface area contributed by atoms with E-state index in [2.05, 4.69) is 13.0 Å². The monoisotopic (exact) mass is 194 g/mol. The second-order valence-corrected chi connectivity index (χ2v) is 3.22. The number of ether oxygens (including phenoxy) is 2. The maximum absolute atomic E-state index is 5.55. The molecule has 0 amide bonds. The lowest BCUT2D eigenvalue weighted by Crippen LogP contribution is -2.02. The Bertz CT molecular complexity index is 258. The van der Waals surface area contributed by atoms with E-state index in [1.807, 2.05) is 25.1 Å². The van der Waals surface area contributed by atoms with E-state index in [0.717, 1.165) is 32.0 Å². The predicted molar refractivity (Wildman–Crippen MR) is 57.8 cm³/mol. The SMILES string of the molecule is CCOCCCOc1cccc(C)c1. The van der Waals surface area contributed by atoms with Gasteiger partial charge >= 0.3 is 0 Å². The van der Waals surface area contributed by atoms with Crippen LogP contribution in [0, 0.1) is 6.92 Å². The minimum Gasteiger partial charge on any atom is -0.493 e. The van der Waals surface area contributed by atoms with Crippen LogP contribution in [0.1, 0.15) is 18.9 Å². The summed E-state index contributed by atoms with van der Waals surface area (Å²) < 4.78 is 10.8. The summed E-state index contributed by atoms with van der Waals surface area (Å²) in [5.41, 5.74) is 1.23. The lowest BCUT2D eigenvalue weighted by molar-refractivity contribution is 0.131. The quantitative estimate of drug-likeness (QED) is 0.648. The van der Waals surface area contributed by atoms with Crippen molar-refractivity contribution in [2.75, 3.05) is 19.8 Å². The normalized spacial score (nSPS) is 10.1. The summed E-state index contributed by atoms with van der Waals surface area (Å²) in [4.78, 5) is 0. The van der Waals surface area contributed by atoms with Gasteiger partial charge in [0.2, 0.25) is 0 Å². The molecule has 1 aromatic carbocycles. The summed E-state index contributed by atoms with van der Waals surface area (Å²) in [6.07, 6.45) is 0.946. The molecule has 0 spiro atoms. The van der Waals surface area contributed by atoms with Gasteiger partial charge in [0.15, 0.2) is 0 Å². The van der Waals surface area contributed by atoms with Gasteiger partial charge in [0.1, 0.15) is 5.75 Å². The fourth-order valence-electron chi connectivity index (χ4n) is 1.20. The number of rotatable bonds is 6. The summed E-state index contributed by atoms with van der Waals surface area (Å²) in [5, 5.41) is 0. The molecule has 1 rings (SSSR count). The van der Waals surface area contributed by atoms with Crippen LogP contribution in [-0.4, -0.2) is 19.8 Å². The maximum atomic E-state index is 5.55. The highest BCUT2D eigenvalue weighted by molar-refractivity contribution is 5.27. The van der Waals surface area contributed by atoms with Gasteiger partial charge in [0.25, 0.3) is 0 Å². The van der Waals surface area contributed by atoms with Crippen LogP contribution in [0.5, 0.6) is 5.75 Å². The van der Waals surface area contributed by atoms with Crippen molar-refractivity contribution in [3.05, 3.63) is 29.8 Å². The highest BCUT2D eigenvalue weighted by Gasteiger charge is 1.93. The largest absolute Gasteiger partial charge is 0.493 e. The van der Waals surface area contributed by atoms with Crippen LogP contribution >= 0.6 is 0 Å². The smallest absolute Gasteiger partial charge is 0.119 e. The minimum atomic E-state index is 0.726. The second-order valence-electron chi connectivity index (χ2n) is 3.22. The van der Waals surface area contributed by atoms with Gasteiger partial charge in [-0.3, -0.25) is 0 Å². The van der Waals surface area contributed by atoms with Crippen LogP contribution in [0.25, 0.3) is 0 Å². The molecule has 2 heteroatoms. The van der Waals surface area contributed by atoms with Crippen molar-refractivity contribution in [2.45, 2.75) is 20.3 Å². The van der Waals surface area contributed by atoms with Gasteiger partial charge in [-0.15, -0.1) is 0 Å². The number of hydrogen-bond donors (Lipinski definition) is 0. The minimum absolute atomic E-state index is 0.726. The molecule has 0 aliphatic heterocycles. The summed E-state index contributed by atoms with van der Waals surface area (Å²) in [5.74, 6) is 0.946. The Morgan fingerprint density at radius 3 is 2.79 bits per heavy atom. The molecule has 0 heterocycles. The van der Waals surface area contributed by atoms with Crippen LogP contribution in [0.2, 0.25) is 0 Å². The van der Waals surface area contributed by atoms with Crippen molar-refractivity contribution in [2.24, 2.45) is 0 Å². The molecule has 0 aliphatic carbocycles. The van der Waals surface area contributed by atoms with Gasteiger partial charge in [-0.1, -0.05) is 12.1 Å². The first-order valence-electron chi connectivity index (χ1n) is 5.10. The molecular formula is C12H18O2. The molecule has 1 aromatic rings. The zero-order valence-corrected chi connectivity index (χ0v) is 8.95. The number of aryl methyl sites for hydroxylation is 1. The molecule has 0 N–H and O–H groups in total. The topological polar surface area (TPSA) is 18.5 Å². The lowest BCUT2D eigenvalue weighted by Gasteiger charge is -2.06. The van der Waals surface area contributed by atoms with E-state index in [9.17, 15) is 0 Å². The fourth-order valence-corrected chi connectivity index (χ4v) is 1.20. The van der Waals surface area contributed by atoms with Crippen molar-refractivity contribution in [3.63, 3.8) is 0 Å². The Morgan fingerprint density at radius 2 is 2.07 bits per heavy atom. The average Bonchev–Trinajstić information content (AvgIpc) is 2.18. The molecule has 0 unspecified atom stereocenters. The van der Waals surface area contributed by atoms with E-state index >= 15 is 0 Å². The van der Waals surface area contributed by atoms with Gasteiger partial charge in [-0.25, -0.2) is 0 Å². The molecule has 14 heavy (non-hydrogen) atoms. The Morgan fingerprint density at radius 1 is 1.21 bits per heavy atom. The standard InChI is InChI=1S/C12H18O2/c1-3-13-8-5-9-14-12-7-4-6-11(2)10-12/h4,6-7,10H,3,5,8-9H2,1-2H3. The van der Waals surface area contributed by atoms with Crippen molar-refractivity contribution < 1.29 is 9.47 Å². The van der Waals surface area contributed by atoms with Gasteiger partial charge in [0, 0.05) is 19.6 Å². The molecule has 2 nitrogen and oxygen atoms in total. The van der Waals surface area contributed by atoms with Gasteiger partial charge in [-0.2, -0.15) is 0 Å². The zero-order chi connectivity index (χ0) is 10.2. The molecule has 78 valence electrons. The first-order chi connectivity index (χ1) is 6.83. The molecular weight excluding hydrogens is 176 g/mol. The lowest BCUT2D eigenvalue weighted by atomic mass is 10.2. The van der Waals surface area contributed by atoms with Crippen LogP contribution in [0.4, 0.5) is 0 Å². The summed E-state index contributed by atoms with van der Waals surface area (Å²) in [6.45, 7) is 6.35. The molecule has 0 saturated heterocycles. The Labute approximate surface area is 85.8 Å². The number of hydrogen-bond acceptors (Lipinski definition) is 2. The van der Waals surface area contributed by atoms with Crippen LogP contribution in [0.15, 0.2) is 24.3 Å². The van der Waals surface area contributed by atoms with E-state index < -0.39 is 0 Å². The Kier molecular flexibility index (Phi) is 5.08. The Hall–Kier alpha value is -1.02. The molecule has 0 fully saturated rings. The summed E-state index contributed by atoms with van der Waals surface area (Å²) in [6, 6.07) is 8.09. The van der Waals surface area contributed by atoms with Gasteiger partial charge in [-0.05, 0) is 31.5 Å². The first-order valence-corrected chi connectivity index (χ1v) is 5.10. The molecule has 0 aromatic heterocycles. The highest BCUT2D eigenvalue weighted by atomic mass is 16.5. The number of benzene rings is 1. The molecule has 0 radical (unpaired) electrons. The van der Waals surface area contributed by atoms with E-state index in [0.29, 0.717) is 0 Å². The van der Waals surface area contributed by atoms with Crippen LogP contribution < -0.4 is 4.74 Å². The molecule has 0 bridgehead atoms.